The van der Waals surface area contributed by atoms with Crippen molar-refractivity contribution in [3.05, 3.63) is 59.8 Å². The highest BCUT2D eigenvalue weighted by Gasteiger charge is 2.18. The van der Waals surface area contributed by atoms with E-state index in [1.807, 2.05) is 19.1 Å². The molecule has 3 aromatic rings. The van der Waals surface area contributed by atoms with E-state index in [4.69, 9.17) is 15.6 Å². The Morgan fingerprint density at radius 3 is 2.33 bits per heavy atom. The van der Waals surface area contributed by atoms with Crippen LogP contribution in [0.4, 0.5) is 16.3 Å². The fraction of sp³-hybridized carbons (Fsp3) is 0.100. The number of carboxylic acid groups (broad SMARTS) is 1. The van der Waals surface area contributed by atoms with Gasteiger partial charge in [0.05, 0.1) is 0 Å². The van der Waals surface area contributed by atoms with E-state index in [2.05, 4.69) is 20.6 Å². The van der Waals surface area contributed by atoms with Crippen LogP contribution in [0.25, 0.3) is 11.4 Å². The van der Waals surface area contributed by atoms with Gasteiger partial charge in [-0.1, -0.05) is 17.7 Å². The zero-order valence-electron chi connectivity index (χ0n) is 15.9. The number of nitrogens with one attached hydrogen (secondary N) is 3. The Morgan fingerprint density at radius 2 is 1.73 bits per heavy atom. The van der Waals surface area contributed by atoms with E-state index in [0.29, 0.717) is 22.8 Å². The SMILES string of the molecule is Cc1ccc(NC(=O)Nc2nc(-c3ccc(OCC(=O)O)cc3)[nH]c2C(N)=O)cc1. The van der Waals surface area contributed by atoms with Gasteiger partial charge >= 0.3 is 12.0 Å². The Hall–Kier alpha value is -4.34. The number of hydrogen-bond acceptors (Lipinski definition) is 5. The third-order valence-corrected chi connectivity index (χ3v) is 3.98. The van der Waals surface area contributed by atoms with Crippen LogP contribution in [0, 0.1) is 6.92 Å². The van der Waals surface area contributed by atoms with E-state index in [9.17, 15) is 14.4 Å². The van der Waals surface area contributed by atoms with E-state index >= 15 is 0 Å². The Kier molecular flexibility index (Phi) is 5.97. The highest BCUT2D eigenvalue weighted by atomic mass is 16.5. The predicted molar refractivity (Wildman–Crippen MR) is 109 cm³/mol. The molecule has 6 N–H and O–H groups in total. The number of carboxylic acids is 1. The minimum absolute atomic E-state index is 0.0201. The lowest BCUT2D eigenvalue weighted by atomic mass is 10.2. The first-order valence-corrected chi connectivity index (χ1v) is 8.81. The first-order chi connectivity index (χ1) is 14.3. The summed E-state index contributed by atoms with van der Waals surface area (Å²) >= 11 is 0. The van der Waals surface area contributed by atoms with Gasteiger partial charge in [0.2, 0.25) is 0 Å². The number of benzene rings is 2. The number of aromatic nitrogens is 2. The number of aliphatic carboxylic acids is 1. The van der Waals surface area contributed by atoms with E-state index in [0.717, 1.165) is 5.56 Å². The fourth-order valence-corrected chi connectivity index (χ4v) is 2.54. The lowest BCUT2D eigenvalue weighted by Gasteiger charge is -2.06. The molecule has 0 saturated carbocycles. The second-order valence-electron chi connectivity index (χ2n) is 6.33. The summed E-state index contributed by atoms with van der Waals surface area (Å²) in [6.45, 7) is 1.47. The summed E-state index contributed by atoms with van der Waals surface area (Å²) < 4.78 is 5.07. The molecule has 10 nitrogen and oxygen atoms in total. The number of carbonyl (C=O) groups excluding carboxylic acids is 2. The molecule has 30 heavy (non-hydrogen) atoms. The molecule has 0 aliphatic heterocycles. The van der Waals surface area contributed by atoms with Crippen molar-refractivity contribution in [1.82, 2.24) is 9.97 Å². The Labute approximate surface area is 171 Å². The van der Waals surface area contributed by atoms with E-state index < -0.39 is 24.5 Å². The summed E-state index contributed by atoms with van der Waals surface area (Å²) in [5, 5.41) is 13.8. The number of rotatable bonds is 7. The Morgan fingerprint density at radius 1 is 1.07 bits per heavy atom. The van der Waals surface area contributed by atoms with Gasteiger partial charge in [0.1, 0.15) is 17.3 Å². The summed E-state index contributed by atoms with van der Waals surface area (Å²) in [5.41, 5.74) is 7.53. The average Bonchev–Trinajstić information content (AvgIpc) is 3.12. The van der Waals surface area contributed by atoms with Gasteiger partial charge in [-0.25, -0.2) is 14.6 Å². The van der Waals surface area contributed by atoms with E-state index in [1.54, 1.807) is 36.4 Å². The van der Waals surface area contributed by atoms with Gasteiger partial charge in [0, 0.05) is 11.3 Å². The number of amides is 3. The molecule has 0 aliphatic rings. The molecular formula is C20H19N5O5. The van der Waals surface area contributed by atoms with Crippen molar-refractivity contribution in [1.29, 1.82) is 0 Å². The fourth-order valence-electron chi connectivity index (χ4n) is 2.54. The van der Waals surface area contributed by atoms with Crippen molar-refractivity contribution in [3.63, 3.8) is 0 Å². The molecule has 0 radical (unpaired) electrons. The van der Waals surface area contributed by atoms with Crippen LogP contribution in [0.3, 0.4) is 0 Å². The molecule has 1 aromatic heterocycles. The van der Waals surface area contributed by atoms with Gasteiger partial charge in [-0.15, -0.1) is 0 Å². The number of H-pyrrole nitrogens is 1. The lowest BCUT2D eigenvalue weighted by Crippen LogP contribution is -2.22. The Bertz CT molecular complexity index is 1070. The smallest absolute Gasteiger partial charge is 0.341 e. The van der Waals surface area contributed by atoms with E-state index in [-0.39, 0.29) is 11.5 Å². The molecule has 0 atom stereocenters. The summed E-state index contributed by atoms with van der Waals surface area (Å²) in [4.78, 5) is 41.6. The molecule has 0 saturated heterocycles. The Balaban J connectivity index is 1.76. The van der Waals surface area contributed by atoms with Gasteiger partial charge in [-0.3, -0.25) is 10.1 Å². The summed E-state index contributed by atoms with van der Waals surface area (Å²) in [6, 6.07) is 13.0. The van der Waals surface area contributed by atoms with Crippen molar-refractivity contribution < 1.29 is 24.2 Å². The van der Waals surface area contributed by atoms with Gasteiger partial charge in [0.15, 0.2) is 12.4 Å². The second-order valence-corrected chi connectivity index (χ2v) is 6.33. The van der Waals surface area contributed by atoms with Crippen LogP contribution in [0.2, 0.25) is 0 Å². The van der Waals surface area contributed by atoms with Crippen LogP contribution in [0.5, 0.6) is 5.75 Å². The number of aryl methyl sites for hydroxylation is 1. The first-order valence-electron chi connectivity index (χ1n) is 8.81. The number of imidazole rings is 1. The molecule has 0 bridgehead atoms. The molecule has 3 amide bonds. The van der Waals surface area contributed by atoms with Crippen LogP contribution in [-0.2, 0) is 4.79 Å². The number of hydrogen-bond donors (Lipinski definition) is 5. The quantitative estimate of drug-likeness (QED) is 0.403. The molecule has 3 rings (SSSR count). The van der Waals surface area contributed by atoms with Crippen molar-refractivity contribution >= 4 is 29.4 Å². The molecule has 1 heterocycles. The maximum Gasteiger partial charge on any atom is 0.341 e. The van der Waals surface area contributed by atoms with Gasteiger partial charge in [-0.05, 0) is 43.3 Å². The van der Waals surface area contributed by atoms with Crippen LogP contribution in [0.15, 0.2) is 48.5 Å². The number of aromatic amines is 1. The largest absolute Gasteiger partial charge is 0.482 e. The number of nitrogens with zero attached hydrogens (tertiary/aromatic N) is 1. The number of nitrogens with two attached hydrogens (primary N) is 1. The van der Waals surface area contributed by atoms with Gasteiger partial charge in [-0.2, -0.15) is 0 Å². The second kappa shape index (κ2) is 8.78. The van der Waals surface area contributed by atoms with E-state index in [1.165, 1.54) is 0 Å². The minimum Gasteiger partial charge on any atom is -0.482 e. The van der Waals surface area contributed by atoms with Gasteiger partial charge in [0.25, 0.3) is 5.91 Å². The zero-order chi connectivity index (χ0) is 21.7. The maximum absolute atomic E-state index is 12.3. The highest BCUT2D eigenvalue weighted by Crippen LogP contribution is 2.24. The zero-order valence-corrected chi connectivity index (χ0v) is 15.9. The third-order valence-electron chi connectivity index (χ3n) is 3.98. The average molecular weight is 409 g/mol. The van der Waals surface area contributed by atoms with Crippen LogP contribution >= 0.6 is 0 Å². The monoisotopic (exact) mass is 409 g/mol. The van der Waals surface area contributed by atoms with Crippen LogP contribution in [0.1, 0.15) is 16.1 Å². The van der Waals surface area contributed by atoms with Crippen molar-refractivity contribution in [2.45, 2.75) is 6.92 Å². The molecular weight excluding hydrogens is 390 g/mol. The molecule has 2 aromatic carbocycles. The van der Waals surface area contributed by atoms with Crippen LogP contribution < -0.4 is 21.1 Å². The molecule has 0 aliphatic carbocycles. The standard InChI is InChI=1S/C20H19N5O5/c1-11-2-6-13(7-3-11)22-20(29)25-19-16(17(21)28)23-18(24-19)12-4-8-14(9-5-12)30-10-15(26)27/h2-9H,10H2,1H3,(H2,21,28)(H,23,24)(H,26,27)(H2,22,25,29). The van der Waals surface area contributed by atoms with Crippen molar-refractivity contribution in [2.24, 2.45) is 5.73 Å². The van der Waals surface area contributed by atoms with Crippen molar-refractivity contribution in [3.8, 4) is 17.1 Å². The summed E-state index contributed by atoms with van der Waals surface area (Å²) in [5.74, 6) is -1.25. The first kappa shape index (κ1) is 20.4. The molecule has 0 spiro atoms. The number of anilines is 2. The minimum atomic E-state index is -1.09. The normalized spacial score (nSPS) is 10.3. The predicted octanol–water partition coefficient (Wildman–Crippen LogP) is 2.59. The lowest BCUT2D eigenvalue weighted by molar-refractivity contribution is -0.139. The molecule has 154 valence electrons. The third kappa shape index (κ3) is 5.13. The van der Waals surface area contributed by atoms with Crippen molar-refractivity contribution in [2.75, 3.05) is 17.2 Å². The number of carbonyl (C=O) groups is 3. The maximum atomic E-state index is 12.3. The van der Waals surface area contributed by atoms with Crippen LogP contribution in [-0.4, -0.2) is 39.6 Å². The number of urea groups is 1. The highest BCUT2D eigenvalue weighted by molar-refractivity contribution is 6.04. The summed E-state index contributed by atoms with van der Waals surface area (Å²) in [7, 11) is 0. The molecule has 0 unspecified atom stereocenters. The molecule has 0 fully saturated rings. The summed E-state index contributed by atoms with van der Waals surface area (Å²) in [6.07, 6.45) is 0. The number of primary amides is 1. The van der Waals surface area contributed by atoms with Gasteiger partial charge < -0.3 is 25.9 Å². The topological polar surface area (TPSA) is 159 Å². The number of ether oxygens (including phenoxy) is 1. The molecule has 10 heteroatoms.